The van der Waals surface area contributed by atoms with Crippen LogP contribution in [0.1, 0.15) is 27.8 Å². The summed E-state index contributed by atoms with van der Waals surface area (Å²) < 4.78 is 12.6. The van der Waals surface area contributed by atoms with Gasteiger partial charge < -0.3 is 9.47 Å². The van der Waals surface area contributed by atoms with E-state index in [0.717, 1.165) is 39.3 Å². The normalized spacial score (nSPS) is 13.8. The molecule has 0 amide bonds. The summed E-state index contributed by atoms with van der Waals surface area (Å²) in [6.45, 7) is 0. The highest BCUT2D eigenvalue weighted by atomic mass is 16.5. The lowest BCUT2D eigenvalue weighted by atomic mass is 9.83. The Morgan fingerprint density at radius 3 is 2.00 bits per heavy atom. The summed E-state index contributed by atoms with van der Waals surface area (Å²) in [6, 6.07) is 44.3. The Bertz CT molecular complexity index is 1860. The van der Waals surface area contributed by atoms with Crippen LogP contribution in [0.15, 0.2) is 133 Å². The molecule has 0 fully saturated rings. The molecule has 0 radical (unpaired) electrons. The summed E-state index contributed by atoms with van der Waals surface area (Å²) in [4.78, 5) is 0. The number of ether oxygens (including phenoxy) is 2. The van der Waals surface area contributed by atoms with Gasteiger partial charge in [-0.3, -0.25) is 0 Å². The van der Waals surface area contributed by atoms with Gasteiger partial charge in [0, 0.05) is 22.3 Å². The van der Waals surface area contributed by atoms with Gasteiger partial charge in [-0.25, -0.2) is 0 Å². The minimum Gasteiger partial charge on any atom is -0.496 e. The van der Waals surface area contributed by atoms with Gasteiger partial charge in [0.05, 0.1) is 7.11 Å². The quantitative estimate of drug-likeness (QED) is 0.212. The van der Waals surface area contributed by atoms with Crippen LogP contribution in [-0.4, -0.2) is 7.11 Å². The van der Waals surface area contributed by atoms with E-state index in [-0.39, 0.29) is 0 Å². The highest BCUT2D eigenvalue weighted by molar-refractivity contribution is 5.96. The molecular weight excluding hydrogens is 488 g/mol. The van der Waals surface area contributed by atoms with Crippen molar-refractivity contribution >= 4 is 39.8 Å². The van der Waals surface area contributed by atoms with Crippen molar-refractivity contribution in [1.82, 2.24) is 0 Å². The van der Waals surface area contributed by atoms with E-state index in [4.69, 9.17) is 9.47 Å². The first kappa shape index (κ1) is 24.0. The molecular formula is C38H28O2. The van der Waals surface area contributed by atoms with Crippen LogP contribution in [0.2, 0.25) is 0 Å². The second-order valence-electron chi connectivity index (χ2n) is 10.1. The molecule has 40 heavy (non-hydrogen) atoms. The second-order valence-corrected chi connectivity index (χ2v) is 10.1. The van der Waals surface area contributed by atoms with Crippen molar-refractivity contribution in [3.63, 3.8) is 0 Å². The molecule has 0 N–H and O–H groups in total. The predicted molar refractivity (Wildman–Crippen MR) is 167 cm³/mol. The van der Waals surface area contributed by atoms with E-state index in [9.17, 15) is 0 Å². The van der Waals surface area contributed by atoms with E-state index in [1.54, 1.807) is 7.11 Å². The topological polar surface area (TPSA) is 18.5 Å². The average molecular weight is 517 g/mol. The van der Waals surface area contributed by atoms with Crippen molar-refractivity contribution in [1.29, 1.82) is 0 Å². The summed E-state index contributed by atoms with van der Waals surface area (Å²) in [7, 11) is 1.72. The van der Waals surface area contributed by atoms with E-state index >= 15 is 0 Å². The number of methoxy groups -OCH3 is 1. The number of fused-ring (bicyclic) bond motifs is 4. The monoisotopic (exact) mass is 516 g/mol. The fourth-order valence-corrected chi connectivity index (χ4v) is 5.70. The molecule has 2 heteroatoms. The van der Waals surface area contributed by atoms with E-state index < -0.39 is 5.60 Å². The van der Waals surface area contributed by atoms with Crippen molar-refractivity contribution in [3.8, 4) is 11.5 Å². The summed E-state index contributed by atoms with van der Waals surface area (Å²) in [5, 5.41) is 4.71. The maximum Gasteiger partial charge on any atom is 0.178 e. The molecule has 1 heterocycles. The first-order valence-electron chi connectivity index (χ1n) is 13.5. The molecule has 1 aliphatic heterocycles. The van der Waals surface area contributed by atoms with Gasteiger partial charge in [-0.15, -0.1) is 0 Å². The maximum absolute atomic E-state index is 6.88. The van der Waals surface area contributed by atoms with Crippen molar-refractivity contribution in [3.05, 3.63) is 161 Å². The molecule has 0 saturated heterocycles. The lowest BCUT2D eigenvalue weighted by molar-refractivity contribution is 0.161. The third kappa shape index (κ3) is 4.15. The number of benzene rings is 6. The number of hydrogen-bond acceptors (Lipinski definition) is 2. The summed E-state index contributed by atoms with van der Waals surface area (Å²) >= 11 is 0. The summed E-state index contributed by atoms with van der Waals surface area (Å²) in [5.41, 5.74) is 4.82. The van der Waals surface area contributed by atoms with E-state index in [1.165, 1.54) is 21.5 Å². The Morgan fingerprint density at radius 1 is 0.625 bits per heavy atom. The molecule has 192 valence electrons. The van der Waals surface area contributed by atoms with Crippen molar-refractivity contribution in [2.75, 3.05) is 7.11 Å². The van der Waals surface area contributed by atoms with Gasteiger partial charge >= 0.3 is 0 Å². The molecule has 0 atom stereocenters. The zero-order valence-electron chi connectivity index (χ0n) is 22.3. The Hall–Kier alpha value is -5.08. The minimum absolute atomic E-state index is 0.676. The number of rotatable bonds is 5. The molecule has 0 unspecified atom stereocenters. The fraction of sp³-hybridized carbons (Fsp3) is 0.0526. The SMILES string of the molecule is COc1cc2ccccc2cc1/C=C\c1ccc2c3c(ccc2c1)OC(c1ccccc1)(c1ccccc1)C=C3. The molecule has 0 aliphatic carbocycles. The smallest absolute Gasteiger partial charge is 0.178 e. The van der Waals surface area contributed by atoms with Gasteiger partial charge in [0.15, 0.2) is 5.60 Å². The van der Waals surface area contributed by atoms with E-state index in [0.29, 0.717) is 0 Å². The molecule has 0 aromatic heterocycles. The van der Waals surface area contributed by atoms with Crippen LogP contribution in [0.25, 0.3) is 39.8 Å². The third-order valence-corrected chi connectivity index (χ3v) is 7.76. The standard InChI is InChI=1S/C38H28O2/c1-39-37-26-29-11-9-8-10-28(29)25-31(37)18-16-27-17-20-34-30(24-27)19-21-36-35(34)22-23-38(40-36,32-12-4-2-5-13-32)33-14-6-3-7-15-33/h2-26H,1H3/b18-16-. The Labute approximate surface area is 234 Å². The van der Waals surface area contributed by atoms with Crippen LogP contribution in [-0.2, 0) is 5.60 Å². The Morgan fingerprint density at radius 2 is 1.30 bits per heavy atom. The van der Waals surface area contributed by atoms with Crippen LogP contribution in [0.3, 0.4) is 0 Å². The molecule has 2 nitrogen and oxygen atoms in total. The van der Waals surface area contributed by atoms with Crippen LogP contribution in [0.5, 0.6) is 11.5 Å². The first-order chi connectivity index (χ1) is 19.7. The largest absolute Gasteiger partial charge is 0.496 e. The molecule has 0 saturated carbocycles. The van der Waals surface area contributed by atoms with Gasteiger partial charge in [-0.2, -0.15) is 0 Å². The molecule has 7 rings (SSSR count). The van der Waals surface area contributed by atoms with Crippen LogP contribution in [0.4, 0.5) is 0 Å². The Balaban J connectivity index is 1.26. The molecule has 6 aromatic carbocycles. The van der Waals surface area contributed by atoms with Crippen molar-refractivity contribution in [2.24, 2.45) is 0 Å². The summed E-state index contributed by atoms with van der Waals surface area (Å²) in [5.74, 6) is 1.75. The summed E-state index contributed by atoms with van der Waals surface area (Å²) in [6.07, 6.45) is 8.69. The minimum atomic E-state index is -0.676. The lowest BCUT2D eigenvalue weighted by Crippen LogP contribution is -2.34. The Kier molecular flexibility index (Phi) is 5.94. The van der Waals surface area contributed by atoms with Gasteiger partial charge in [-0.1, -0.05) is 115 Å². The van der Waals surface area contributed by atoms with E-state index in [2.05, 4.69) is 140 Å². The highest BCUT2D eigenvalue weighted by Crippen LogP contribution is 2.44. The molecule has 0 spiro atoms. The molecule has 0 bridgehead atoms. The molecule has 1 aliphatic rings. The average Bonchev–Trinajstić information content (AvgIpc) is 3.03. The molecule has 6 aromatic rings. The fourth-order valence-electron chi connectivity index (χ4n) is 5.70. The van der Waals surface area contributed by atoms with Crippen molar-refractivity contribution in [2.45, 2.75) is 5.60 Å². The van der Waals surface area contributed by atoms with Gasteiger partial charge in [-0.05, 0) is 63.5 Å². The van der Waals surface area contributed by atoms with Crippen LogP contribution < -0.4 is 9.47 Å². The lowest BCUT2D eigenvalue weighted by Gasteiger charge is -2.36. The van der Waals surface area contributed by atoms with Crippen LogP contribution in [0, 0.1) is 0 Å². The zero-order chi connectivity index (χ0) is 26.9. The van der Waals surface area contributed by atoms with Crippen LogP contribution >= 0.6 is 0 Å². The highest BCUT2D eigenvalue weighted by Gasteiger charge is 2.37. The maximum atomic E-state index is 6.88. The van der Waals surface area contributed by atoms with Gasteiger partial charge in [0.1, 0.15) is 11.5 Å². The predicted octanol–water partition coefficient (Wildman–Crippen LogP) is 9.52. The van der Waals surface area contributed by atoms with E-state index in [1.807, 2.05) is 12.1 Å². The first-order valence-corrected chi connectivity index (χ1v) is 13.5. The third-order valence-electron chi connectivity index (χ3n) is 7.76. The second kappa shape index (κ2) is 9.91. The van der Waals surface area contributed by atoms with Gasteiger partial charge in [0.25, 0.3) is 0 Å². The zero-order valence-corrected chi connectivity index (χ0v) is 22.3. The van der Waals surface area contributed by atoms with Gasteiger partial charge in [0.2, 0.25) is 0 Å². The number of hydrogen-bond donors (Lipinski definition) is 0. The van der Waals surface area contributed by atoms with Crippen molar-refractivity contribution < 1.29 is 9.47 Å².